The predicted octanol–water partition coefficient (Wildman–Crippen LogP) is 1.95. The van der Waals surface area contributed by atoms with Crippen LogP contribution in [0.4, 0.5) is 0 Å². The highest BCUT2D eigenvalue weighted by molar-refractivity contribution is 5.29. The van der Waals surface area contributed by atoms with Gasteiger partial charge in [0.2, 0.25) is 0 Å². The summed E-state index contributed by atoms with van der Waals surface area (Å²) in [6.45, 7) is 6.43. The molecule has 3 N–H and O–H groups in total. The number of hydrogen-bond donors (Lipinski definition) is 2. The van der Waals surface area contributed by atoms with E-state index in [2.05, 4.69) is 32.0 Å². The first-order valence-corrected chi connectivity index (χ1v) is 5.49. The number of rotatable bonds is 4. The standard InChI is InChI=1S/C13H21NO/c1-4-13(15,9-14)8-12-6-10(2)5-11(3)7-12/h5-7,15H,4,8-9,14H2,1-3H3. The van der Waals surface area contributed by atoms with Gasteiger partial charge in [0.25, 0.3) is 0 Å². The lowest BCUT2D eigenvalue weighted by Crippen LogP contribution is -2.39. The maximum Gasteiger partial charge on any atom is 0.0806 e. The van der Waals surface area contributed by atoms with Gasteiger partial charge in [0.15, 0.2) is 0 Å². The van der Waals surface area contributed by atoms with Gasteiger partial charge in [-0.05, 0) is 25.8 Å². The van der Waals surface area contributed by atoms with Gasteiger partial charge in [0.05, 0.1) is 5.60 Å². The monoisotopic (exact) mass is 207 g/mol. The van der Waals surface area contributed by atoms with Crippen molar-refractivity contribution in [3.05, 3.63) is 34.9 Å². The van der Waals surface area contributed by atoms with Crippen LogP contribution in [0.15, 0.2) is 18.2 Å². The summed E-state index contributed by atoms with van der Waals surface area (Å²) in [6.07, 6.45) is 1.33. The molecule has 1 unspecified atom stereocenters. The normalized spacial score (nSPS) is 15.0. The summed E-state index contributed by atoms with van der Waals surface area (Å²) >= 11 is 0. The van der Waals surface area contributed by atoms with Crippen LogP contribution in [0.1, 0.15) is 30.0 Å². The third-order valence-corrected chi connectivity index (χ3v) is 2.85. The molecule has 0 aliphatic heterocycles. The Labute approximate surface area is 92.1 Å². The number of aliphatic hydroxyl groups is 1. The zero-order valence-corrected chi connectivity index (χ0v) is 9.88. The smallest absolute Gasteiger partial charge is 0.0806 e. The van der Waals surface area contributed by atoms with Gasteiger partial charge in [-0.15, -0.1) is 0 Å². The van der Waals surface area contributed by atoms with Gasteiger partial charge in [-0.3, -0.25) is 0 Å². The molecule has 84 valence electrons. The maximum absolute atomic E-state index is 10.1. The van der Waals surface area contributed by atoms with Crippen molar-refractivity contribution >= 4 is 0 Å². The third kappa shape index (κ3) is 3.33. The summed E-state index contributed by atoms with van der Waals surface area (Å²) < 4.78 is 0. The van der Waals surface area contributed by atoms with Crippen LogP contribution in [0, 0.1) is 13.8 Å². The van der Waals surface area contributed by atoms with Crippen molar-refractivity contribution in [2.24, 2.45) is 5.73 Å². The lowest BCUT2D eigenvalue weighted by molar-refractivity contribution is 0.0456. The molecule has 2 heteroatoms. The fourth-order valence-electron chi connectivity index (χ4n) is 1.89. The number of nitrogens with two attached hydrogens (primary N) is 1. The van der Waals surface area contributed by atoms with Gasteiger partial charge in [-0.25, -0.2) is 0 Å². The van der Waals surface area contributed by atoms with Crippen LogP contribution in [0.25, 0.3) is 0 Å². The molecule has 0 amide bonds. The van der Waals surface area contributed by atoms with E-state index < -0.39 is 5.60 Å². The van der Waals surface area contributed by atoms with E-state index in [0.29, 0.717) is 19.4 Å². The fourth-order valence-corrected chi connectivity index (χ4v) is 1.89. The third-order valence-electron chi connectivity index (χ3n) is 2.85. The second kappa shape index (κ2) is 4.77. The van der Waals surface area contributed by atoms with E-state index in [0.717, 1.165) is 0 Å². The van der Waals surface area contributed by atoms with E-state index in [1.807, 2.05) is 6.92 Å². The van der Waals surface area contributed by atoms with E-state index in [1.54, 1.807) is 0 Å². The van der Waals surface area contributed by atoms with Crippen LogP contribution < -0.4 is 5.73 Å². The molecule has 0 heterocycles. The van der Waals surface area contributed by atoms with E-state index in [4.69, 9.17) is 5.73 Å². The maximum atomic E-state index is 10.1. The van der Waals surface area contributed by atoms with Crippen LogP contribution >= 0.6 is 0 Å². The average Bonchev–Trinajstić information content (AvgIpc) is 2.16. The second-order valence-electron chi connectivity index (χ2n) is 4.45. The van der Waals surface area contributed by atoms with Crippen LogP contribution in [0.2, 0.25) is 0 Å². The van der Waals surface area contributed by atoms with Crippen molar-refractivity contribution in [2.45, 2.75) is 39.2 Å². The molecule has 0 spiro atoms. The first kappa shape index (κ1) is 12.2. The Kier molecular flexibility index (Phi) is 3.89. The first-order chi connectivity index (χ1) is 6.99. The molecular weight excluding hydrogens is 186 g/mol. The highest BCUT2D eigenvalue weighted by Gasteiger charge is 2.22. The van der Waals surface area contributed by atoms with Crippen molar-refractivity contribution < 1.29 is 5.11 Å². The molecule has 0 fully saturated rings. The molecule has 0 radical (unpaired) electrons. The number of hydrogen-bond acceptors (Lipinski definition) is 2. The Bertz CT molecular complexity index is 309. The highest BCUT2D eigenvalue weighted by Crippen LogP contribution is 2.18. The lowest BCUT2D eigenvalue weighted by Gasteiger charge is -2.25. The summed E-state index contributed by atoms with van der Waals surface area (Å²) in [7, 11) is 0. The SMILES string of the molecule is CCC(O)(CN)Cc1cc(C)cc(C)c1. The summed E-state index contributed by atoms with van der Waals surface area (Å²) in [5.74, 6) is 0. The second-order valence-corrected chi connectivity index (χ2v) is 4.45. The quantitative estimate of drug-likeness (QED) is 0.792. The molecule has 15 heavy (non-hydrogen) atoms. The highest BCUT2D eigenvalue weighted by atomic mass is 16.3. The largest absolute Gasteiger partial charge is 0.388 e. The van der Waals surface area contributed by atoms with Crippen molar-refractivity contribution in [3.8, 4) is 0 Å². The van der Waals surface area contributed by atoms with Gasteiger partial charge in [-0.1, -0.05) is 36.2 Å². The molecule has 0 aromatic heterocycles. The molecule has 1 aromatic rings. The van der Waals surface area contributed by atoms with Gasteiger partial charge in [0.1, 0.15) is 0 Å². The molecule has 0 aliphatic carbocycles. The van der Waals surface area contributed by atoms with E-state index in [-0.39, 0.29) is 0 Å². The van der Waals surface area contributed by atoms with Crippen LogP contribution in [-0.2, 0) is 6.42 Å². The molecule has 0 saturated carbocycles. The molecular formula is C13H21NO. The molecule has 1 rings (SSSR count). The number of benzene rings is 1. The number of aryl methyl sites for hydroxylation is 2. The molecule has 2 nitrogen and oxygen atoms in total. The van der Waals surface area contributed by atoms with Crippen LogP contribution in [-0.4, -0.2) is 17.3 Å². The Hall–Kier alpha value is -0.860. The first-order valence-electron chi connectivity index (χ1n) is 5.49. The van der Waals surface area contributed by atoms with Crippen molar-refractivity contribution in [2.75, 3.05) is 6.54 Å². The van der Waals surface area contributed by atoms with Crippen LogP contribution in [0.5, 0.6) is 0 Å². The minimum atomic E-state index is -0.750. The minimum Gasteiger partial charge on any atom is -0.388 e. The predicted molar refractivity (Wildman–Crippen MR) is 63.9 cm³/mol. The average molecular weight is 207 g/mol. The Morgan fingerprint density at radius 3 is 2.13 bits per heavy atom. The lowest BCUT2D eigenvalue weighted by atomic mass is 9.91. The van der Waals surface area contributed by atoms with Crippen molar-refractivity contribution in [1.29, 1.82) is 0 Å². The molecule has 1 atom stereocenters. The van der Waals surface area contributed by atoms with E-state index in [9.17, 15) is 5.11 Å². The van der Waals surface area contributed by atoms with Crippen molar-refractivity contribution in [3.63, 3.8) is 0 Å². The van der Waals surface area contributed by atoms with Gasteiger partial charge < -0.3 is 10.8 Å². The van der Waals surface area contributed by atoms with Crippen LogP contribution in [0.3, 0.4) is 0 Å². The summed E-state index contributed by atoms with van der Waals surface area (Å²) in [6, 6.07) is 6.36. The zero-order chi connectivity index (χ0) is 11.5. The van der Waals surface area contributed by atoms with Crippen molar-refractivity contribution in [1.82, 2.24) is 0 Å². The zero-order valence-electron chi connectivity index (χ0n) is 9.88. The van der Waals surface area contributed by atoms with Gasteiger partial charge in [-0.2, -0.15) is 0 Å². The summed E-state index contributed by atoms with van der Waals surface area (Å²) in [5.41, 5.74) is 8.48. The van der Waals surface area contributed by atoms with E-state index in [1.165, 1.54) is 16.7 Å². The Morgan fingerprint density at radius 2 is 1.73 bits per heavy atom. The van der Waals surface area contributed by atoms with E-state index >= 15 is 0 Å². The Morgan fingerprint density at radius 1 is 1.20 bits per heavy atom. The topological polar surface area (TPSA) is 46.2 Å². The molecule has 1 aromatic carbocycles. The molecule has 0 saturated heterocycles. The Balaban J connectivity index is 2.88. The summed E-state index contributed by atoms with van der Waals surface area (Å²) in [5, 5.41) is 10.1. The summed E-state index contributed by atoms with van der Waals surface area (Å²) in [4.78, 5) is 0. The fraction of sp³-hybridized carbons (Fsp3) is 0.538. The molecule has 0 bridgehead atoms. The molecule has 0 aliphatic rings. The van der Waals surface area contributed by atoms with Gasteiger partial charge in [0, 0.05) is 13.0 Å². The van der Waals surface area contributed by atoms with Gasteiger partial charge >= 0.3 is 0 Å². The minimum absolute atomic E-state index is 0.316.